The van der Waals surface area contributed by atoms with Crippen molar-refractivity contribution in [3.63, 3.8) is 0 Å². The molecular weight excluding hydrogens is 470 g/mol. The van der Waals surface area contributed by atoms with Gasteiger partial charge in [-0.3, -0.25) is 0 Å². The van der Waals surface area contributed by atoms with Crippen LogP contribution in [0.3, 0.4) is 0 Å². The third-order valence-corrected chi connectivity index (χ3v) is 6.28. The van der Waals surface area contributed by atoms with Crippen molar-refractivity contribution in [1.29, 1.82) is 0 Å². The quantitative estimate of drug-likeness (QED) is 0.399. The largest absolute Gasteiger partial charge is 0.492 e. The fraction of sp³-hybridized carbons (Fsp3) is 0.481. The number of carbonyl (C=O) groups is 2. The molecule has 1 unspecified atom stereocenters. The van der Waals surface area contributed by atoms with Crippen LogP contribution < -0.4 is 10.1 Å². The number of hydrogen-bond donors (Lipinski definition) is 2. The van der Waals surface area contributed by atoms with Gasteiger partial charge in [0, 0.05) is 25.6 Å². The molecule has 0 aliphatic heterocycles. The lowest BCUT2D eigenvalue weighted by atomic mass is 9.89. The summed E-state index contributed by atoms with van der Waals surface area (Å²) in [6, 6.07) is 9.66. The minimum atomic E-state index is -1.01. The van der Waals surface area contributed by atoms with Crippen molar-refractivity contribution < 1.29 is 33.0 Å². The SMILES string of the molecule is CCOC(Cc1ccc(OCCN(CC2CCCCC2)C(=O)Nc2ccc(F)cc2F)cc1)C(=O)O. The third kappa shape index (κ3) is 8.48. The monoisotopic (exact) mass is 504 g/mol. The summed E-state index contributed by atoms with van der Waals surface area (Å²) in [7, 11) is 0. The number of carboxylic acids is 1. The van der Waals surface area contributed by atoms with Crippen molar-refractivity contribution in [2.24, 2.45) is 5.92 Å². The van der Waals surface area contributed by atoms with Crippen molar-refractivity contribution in [2.75, 3.05) is 31.6 Å². The lowest BCUT2D eigenvalue weighted by Gasteiger charge is -2.30. The summed E-state index contributed by atoms with van der Waals surface area (Å²) in [4.78, 5) is 25.9. The van der Waals surface area contributed by atoms with Crippen LogP contribution in [0.1, 0.15) is 44.6 Å². The Bertz CT molecular complexity index is 996. The lowest BCUT2D eigenvalue weighted by Crippen LogP contribution is -2.41. The van der Waals surface area contributed by atoms with E-state index in [4.69, 9.17) is 9.47 Å². The van der Waals surface area contributed by atoms with Gasteiger partial charge < -0.3 is 24.8 Å². The molecule has 7 nitrogen and oxygen atoms in total. The minimum absolute atomic E-state index is 0.0710. The first kappa shape index (κ1) is 27.4. The second kappa shape index (κ2) is 13.8. The predicted octanol–water partition coefficient (Wildman–Crippen LogP) is 5.49. The van der Waals surface area contributed by atoms with Gasteiger partial charge >= 0.3 is 12.0 Å². The molecule has 1 aliphatic carbocycles. The molecule has 2 amide bonds. The fourth-order valence-corrected chi connectivity index (χ4v) is 4.37. The van der Waals surface area contributed by atoms with Gasteiger partial charge in [-0.15, -0.1) is 0 Å². The fourth-order valence-electron chi connectivity index (χ4n) is 4.37. The van der Waals surface area contributed by atoms with Crippen molar-refractivity contribution in [1.82, 2.24) is 4.90 Å². The van der Waals surface area contributed by atoms with Crippen LogP contribution in [0.5, 0.6) is 5.75 Å². The number of anilines is 1. The summed E-state index contributed by atoms with van der Waals surface area (Å²) < 4.78 is 38.4. The van der Waals surface area contributed by atoms with Crippen molar-refractivity contribution in [3.05, 3.63) is 59.7 Å². The first-order valence-electron chi connectivity index (χ1n) is 12.4. The molecule has 0 spiro atoms. The highest BCUT2D eigenvalue weighted by Gasteiger charge is 2.22. The average Bonchev–Trinajstić information content (AvgIpc) is 2.86. The molecule has 0 saturated heterocycles. The van der Waals surface area contributed by atoms with E-state index in [-0.39, 0.29) is 18.7 Å². The van der Waals surface area contributed by atoms with Crippen LogP contribution >= 0.6 is 0 Å². The van der Waals surface area contributed by atoms with Gasteiger partial charge in [-0.1, -0.05) is 31.4 Å². The smallest absolute Gasteiger partial charge is 0.333 e. The molecule has 0 bridgehead atoms. The Morgan fingerprint density at radius 3 is 2.47 bits per heavy atom. The maximum absolute atomic E-state index is 14.1. The summed E-state index contributed by atoms with van der Waals surface area (Å²) in [5.41, 5.74) is 0.737. The Kier molecular flexibility index (Phi) is 10.5. The van der Waals surface area contributed by atoms with Crippen molar-refractivity contribution in [2.45, 2.75) is 51.6 Å². The standard InChI is InChI=1S/C27H34F2N2O5/c1-2-35-25(26(32)33)16-19-8-11-22(12-9-19)36-15-14-31(18-20-6-4-3-5-7-20)27(34)30-24-13-10-21(28)17-23(24)29/h8-13,17,20,25H,2-7,14-16,18H2,1H3,(H,30,34)(H,32,33). The molecule has 1 aliphatic rings. The van der Waals surface area contributed by atoms with Crippen LogP contribution in [-0.4, -0.2) is 54.4 Å². The Hall–Kier alpha value is -3.20. The van der Waals surface area contributed by atoms with Crippen LogP contribution in [0.25, 0.3) is 0 Å². The Labute approximate surface area is 210 Å². The average molecular weight is 505 g/mol. The highest BCUT2D eigenvalue weighted by Crippen LogP contribution is 2.25. The molecule has 2 N–H and O–H groups in total. The Morgan fingerprint density at radius 1 is 1.11 bits per heavy atom. The van der Waals surface area contributed by atoms with E-state index in [1.807, 2.05) is 0 Å². The second-order valence-corrected chi connectivity index (χ2v) is 8.98. The van der Waals surface area contributed by atoms with Crippen LogP contribution in [0.4, 0.5) is 19.3 Å². The molecule has 9 heteroatoms. The Balaban J connectivity index is 1.58. The van der Waals surface area contributed by atoms with Gasteiger partial charge in [0.2, 0.25) is 0 Å². The topological polar surface area (TPSA) is 88.1 Å². The summed E-state index contributed by atoms with van der Waals surface area (Å²) >= 11 is 0. The number of amides is 2. The van der Waals surface area contributed by atoms with Gasteiger partial charge in [0.15, 0.2) is 6.10 Å². The number of nitrogens with zero attached hydrogens (tertiary/aromatic N) is 1. The van der Waals surface area contributed by atoms with E-state index >= 15 is 0 Å². The highest BCUT2D eigenvalue weighted by molar-refractivity contribution is 5.89. The molecule has 1 fully saturated rings. The number of halogens is 2. The number of benzene rings is 2. The highest BCUT2D eigenvalue weighted by atomic mass is 19.1. The summed E-state index contributed by atoms with van der Waals surface area (Å²) in [5.74, 6) is -1.58. The molecule has 196 valence electrons. The molecule has 2 aromatic rings. The summed E-state index contributed by atoms with van der Waals surface area (Å²) in [5, 5.41) is 11.8. The minimum Gasteiger partial charge on any atom is -0.492 e. The van der Waals surface area contributed by atoms with Gasteiger partial charge in [0.25, 0.3) is 0 Å². The maximum atomic E-state index is 14.1. The van der Waals surface area contributed by atoms with E-state index in [0.29, 0.717) is 31.4 Å². The van der Waals surface area contributed by atoms with Gasteiger partial charge in [-0.05, 0) is 55.5 Å². The van der Waals surface area contributed by atoms with E-state index in [1.54, 1.807) is 36.1 Å². The van der Waals surface area contributed by atoms with E-state index < -0.39 is 29.7 Å². The normalized spacial score (nSPS) is 14.8. The maximum Gasteiger partial charge on any atom is 0.333 e. The number of nitrogens with one attached hydrogen (secondary N) is 1. The zero-order chi connectivity index (χ0) is 25.9. The summed E-state index contributed by atoms with van der Waals surface area (Å²) in [6.45, 7) is 3.11. The van der Waals surface area contributed by atoms with E-state index in [1.165, 1.54) is 12.5 Å². The molecule has 0 heterocycles. The number of carboxylic acid groups (broad SMARTS) is 1. The number of aliphatic carboxylic acids is 1. The van der Waals surface area contributed by atoms with E-state index in [2.05, 4.69) is 5.32 Å². The number of rotatable bonds is 12. The van der Waals surface area contributed by atoms with Gasteiger partial charge in [-0.25, -0.2) is 18.4 Å². The number of carbonyl (C=O) groups excluding carboxylic acids is 1. The van der Waals surface area contributed by atoms with Crippen LogP contribution in [0.15, 0.2) is 42.5 Å². The first-order chi connectivity index (χ1) is 17.4. The number of hydrogen-bond acceptors (Lipinski definition) is 4. The third-order valence-electron chi connectivity index (χ3n) is 6.28. The van der Waals surface area contributed by atoms with Crippen molar-refractivity contribution in [3.8, 4) is 5.75 Å². The van der Waals surface area contributed by atoms with Crippen LogP contribution in [0.2, 0.25) is 0 Å². The second-order valence-electron chi connectivity index (χ2n) is 8.98. The van der Waals surface area contributed by atoms with Crippen LogP contribution in [-0.2, 0) is 16.0 Å². The molecule has 2 aromatic carbocycles. The molecule has 1 saturated carbocycles. The van der Waals surface area contributed by atoms with Gasteiger partial charge in [0.05, 0.1) is 12.2 Å². The number of urea groups is 1. The van der Waals surface area contributed by atoms with Gasteiger partial charge in [-0.2, -0.15) is 0 Å². The van der Waals surface area contributed by atoms with E-state index in [9.17, 15) is 23.5 Å². The molecule has 0 radical (unpaired) electrons. The van der Waals surface area contributed by atoms with Crippen molar-refractivity contribution >= 4 is 17.7 Å². The predicted molar refractivity (Wildman–Crippen MR) is 132 cm³/mol. The Morgan fingerprint density at radius 2 is 1.83 bits per heavy atom. The molecule has 1 atom stereocenters. The molecule has 0 aromatic heterocycles. The zero-order valence-corrected chi connectivity index (χ0v) is 20.6. The molecular formula is C27H34F2N2O5. The van der Waals surface area contributed by atoms with Gasteiger partial charge in [0.1, 0.15) is 24.0 Å². The lowest BCUT2D eigenvalue weighted by molar-refractivity contribution is -0.149. The number of ether oxygens (including phenoxy) is 2. The first-order valence-corrected chi connectivity index (χ1v) is 12.4. The van der Waals surface area contributed by atoms with Crippen LogP contribution in [0, 0.1) is 17.6 Å². The molecule has 36 heavy (non-hydrogen) atoms. The molecule has 3 rings (SSSR count). The van der Waals surface area contributed by atoms with E-state index in [0.717, 1.165) is 43.4 Å². The summed E-state index contributed by atoms with van der Waals surface area (Å²) in [6.07, 6.45) is 4.87. The zero-order valence-electron chi connectivity index (χ0n) is 20.6.